The molecule has 2 atom stereocenters. The number of hydrogen-bond donors (Lipinski definition) is 6. The molecule has 0 bridgehead atoms. The normalized spacial score (nSPS) is 13.9. The molecule has 0 saturated heterocycles. The van der Waals surface area contributed by atoms with Gasteiger partial charge in [-0.25, -0.2) is 4.79 Å². The number of thiol groups is 1. The number of unbranched alkanes of at least 4 members (excludes halogenated alkanes) is 4. The average molecular weight is 610 g/mol. The maximum atomic E-state index is 12.2. The SMILES string of the molecule is CCCCC/C=C\C/C=C\C/C=C\C/C=C\CCCC(=O)OC(N)(CCC(=O)NC(CS)C(=O)NCC(=O)O)C(=O)O. The van der Waals surface area contributed by atoms with Gasteiger partial charge in [0.2, 0.25) is 11.8 Å². The molecule has 0 heterocycles. The molecule has 42 heavy (non-hydrogen) atoms. The zero-order chi connectivity index (χ0) is 31.6. The highest BCUT2D eigenvalue weighted by Gasteiger charge is 2.39. The first-order valence-electron chi connectivity index (χ1n) is 14.3. The second-order valence-electron chi connectivity index (χ2n) is 9.56. The molecule has 11 nitrogen and oxygen atoms in total. The Morgan fingerprint density at radius 2 is 1.40 bits per heavy atom. The van der Waals surface area contributed by atoms with Gasteiger partial charge in [0.15, 0.2) is 0 Å². The minimum Gasteiger partial charge on any atom is -0.480 e. The van der Waals surface area contributed by atoms with Gasteiger partial charge < -0.3 is 25.6 Å². The second kappa shape index (κ2) is 24.2. The lowest BCUT2D eigenvalue weighted by atomic mass is 10.1. The Labute approximate surface area is 254 Å². The van der Waals surface area contributed by atoms with Crippen molar-refractivity contribution in [3.8, 4) is 0 Å². The molecule has 0 aromatic rings. The van der Waals surface area contributed by atoms with Gasteiger partial charge in [-0.1, -0.05) is 68.4 Å². The summed E-state index contributed by atoms with van der Waals surface area (Å²) in [5.41, 5.74) is 3.33. The van der Waals surface area contributed by atoms with Crippen LogP contribution in [-0.2, 0) is 28.7 Å². The summed E-state index contributed by atoms with van der Waals surface area (Å²) in [5, 5.41) is 22.5. The Morgan fingerprint density at radius 1 is 0.857 bits per heavy atom. The number of aliphatic carboxylic acids is 2. The number of esters is 1. The summed E-state index contributed by atoms with van der Waals surface area (Å²) >= 11 is 3.95. The molecule has 2 amide bonds. The van der Waals surface area contributed by atoms with Gasteiger partial charge in [-0.15, -0.1) is 0 Å². The number of carbonyl (C=O) groups is 5. The number of nitrogens with one attached hydrogen (secondary N) is 2. The van der Waals surface area contributed by atoms with Crippen LogP contribution in [0.15, 0.2) is 48.6 Å². The molecule has 0 aromatic heterocycles. The third-order valence-electron chi connectivity index (χ3n) is 5.84. The minimum atomic E-state index is -2.42. The van der Waals surface area contributed by atoms with Crippen molar-refractivity contribution in [3.63, 3.8) is 0 Å². The van der Waals surface area contributed by atoms with E-state index < -0.39 is 60.9 Å². The Morgan fingerprint density at radius 3 is 1.90 bits per heavy atom. The maximum Gasteiger partial charge on any atom is 0.363 e. The summed E-state index contributed by atoms with van der Waals surface area (Å²) in [5.74, 6) is -5.32. The van der Waals surface area contributed by atoms with Crippen LogP contribution in [0.2, 0.25) is 0 Å². The minimum absolute atomic E-state index is 0.0536. The van der Waals surface area contributed by atoms with Gasteiger partial charge in [-0.2, -0.15) is 12.6 Å². The highest BCUT2D eigenvalue weighted by Crippen LogP contribution is 2.15. The molecule has 0 aromatic carbocycles. The van der Waals surface area contributed by atoms with E-state index in [9.17, 15) is 29.1 Å². The topological polar surface area (TPSA) is 185 Å². The average Bonchev–Trinajstić information content (AvgIpc) is 2.95. The van der Waals surface area contributed by atoms with Crippen molar-refractivity contribution in [2.24, 2.45) is 5.73 Å². The summed E-state index contributed by atoms with van der Waals surface area (Å²) in [6.07, 6.45) is 24.2. The molecule has 0 fully saturated rings. The van der Waals surface area contributed by atoms with E-state index in [0.717, 1.165) is 25.7 Å². The van der Waals surface area contributed by atoms with Gasteiger partial charge in [0.25, 0.3) is 5.72 Å². The Hall–Kier alpha value is -3.38. The fourth-order valence-electron chi connectivity index (χ4n) is 3.43. The van der Waals surface area contributed by atoms with Crippen molar-refractivity contribution in [2.75, 3.05) is 12.3 Å². The number of carboxylic acids is 2. The summed E-state index contributed by atoms with van der Waals surface area (Å²) in [7, 11) is 0. The van der Waals surface area contributed by atoms with Crippen molar-refractivity contribution in [2.45, 2.75) is 95.7 Å². The van der Waals surface area contributed by atoms with E-state index in [1.165, 1.54) is 19.3 Å². The van der Waals surface area contributed by atoms with Gasteiger partial charge in [0.05, 0.1) is 0 Å². The Kier molecular flexibility index (Phi) is 22.3. The molecule has 0 aliphatic carbocycles. The van der Waals surface area contributed by atoms with Crippen LogP contribution in [0.4, 0.5) is 0 Å². The number of ether oxygens (including phenoxy) is 1. The second-order valence-corrected chi connectivity index (χ2v) is 9.93. The van der Waals surface area contributed by atoms with Crippen molar-refractivity contribution in [1.29, 1.82) is 0 Å². The standard InChI is InChI=1S/C30H47N3O8S/c1-2-3-4-5-6-7-8-9-10-11-12-13-14-15-16-17-18-19-27(37)41-30(31,29(39)40)21-20-25(34)33-24(23-42)28(38)32-22-26(35)36/h6-7,9-10,12-13,15-16,24,42H,2-5,8,11,14,17-23,31H2,1H3,(H,32,38)(H,33,34)(H,35,36)(H,39,40)/b7-6-,10-9-,13-12-,16-15-. The molecule has 0 rings (SSSR count). The molecule has 236 valence electrons. The summed E-state index contributed by atoms with van der Waals surface area (Å²) in [4.78, 5) is 58.5. The summed E-state index contributed by atoms with van der Waals surface area (Å²) < 4.78 is 4.98. The largest absolute Gasteiger partial charge is 0.480 e. The maximum absolute atomic E-state index is 12.2. The highest BCUT2D eigenvalue weighted by molar-refractivity contribution is 7.80. The van der Waals surface area contributed by atoms with Crippen LogP contribution in [0.25, 0.3) is 0 Å². The van der Waals surface area contributed by atoms with Crippen molar-refractivity contribution in [1.82, 2.24) is 10.6 Å². The van der Waals surface area contributed by atoms with Crippen LogP contribution in [0.5, 0.6) is 0 Å². The van der Waals surface area contributed by atoms with E-state index >= 15 is 0 Å². The molecular formula is C30H47N3O8S. The van der Waals surface area contributed by atoms with Crippen molar-refractivity contribution >= 4 is 42.4 Å². The molecule has 0 aliphatic heterocycles. The first-order valence-corrected chi connectivity index (χ1v) is 14.9. The van der Waals surface area contributed by atoms with E-state index in [1.54, 1.807) is 0 Å². The fourth-order valence-corrected chi connectivity index (χ4v) is 3.68. The number of hydrogen-bond acceptors (Lipinski definition) is 8. The molecule has 6 N–H and O–H groups in total. The Bertz CT molecular complexity index is 964. The molecule has 0 spiro atoms. The van der Waals surface area contributed by atoms with E-state index in [4.69, 9.17) is 15.6 Å². The van der Waals surface area contributed by atoms with Gasteiger partial charge in [0.1, 0.15) is 12.6 Å². The van der Waals surface area contributed by atoms with Gasteiger partial charge in [0, 0.05) is 25.0 Å². The number of amides is 2. The predicted molar refractivity (Wildman–Crippen MR) is 165 cm³/mol. The lowest BCUT2D eigenvalue weighted by molar-refractivity contribution is -0.179. The van der Waals surface area contributed by atoms with Crippen LogP contribution in [0.3, 0.4) is 0 Å². The van der Waals surface area contributed by atoms with Crippen LogP contribution in [0, 0.1) is 0 Å². The number of rotatable bonds is 24. The van der Waals surface area contributed by atoms with Gasteiger partial charge >= 0.3 is 17.9 Å². The molecule has 12 heteroatoms. The zero-order valence-electron chi connectivity index (χ0n) is 24.5. The quantitative estimate of drug-likeness (QED) is 0.0311. The summed E-state index contributed by atoms with van der Waals surface area (Å²) in [6, 6.07) is -1.14. The summed E-state index contributed by atoms with van der Waals surface area (Å²) in [6.45, 7) is 1.56. The third-order valence-corrected chi connectivity index (χ3v) is 6.20. The monoisotopic (exact) mass is 609 g/mol. The third kappa shape index (κ3) is 20.5. The molecule has 0 saturated carbocycles. The smallest absolute Gasteiger partial charge is 0.363 e. The van der Waals surface area contributed by atoms with Crippen LogP contribution >= 0.6 is 12.6 Å². The van der Waals surface area contributed by atoms with E-state index in [-0.39, 0.29) is 12.2 Å². The van der Waals surface area contributed by atoms with Crippen LogP contribution < -0.4 is 16.4 Å². The number of carbonyl (C=O) groups excluding carboxylic acids is 3. The number of nitrogens with two attached hydrogens (primary N) is 1. The Balaban J connectivity index is 4.31. The van der Waals surface area contributed by atoms with Crippen LogP contribution in [0.1, 0.15) is 84.0 Å². The van der Waals surface area contributed by atoms with Gasteiger partial charge in [-0.3, -0.25) is 24.9 Å². The number of carboxylic acid groups (broad SMARTS) is 2. The lowest BCUT2D eigenvalue weighted by Gasteiger charge is -2.25. The van der Waals surface area contributed by atoms with Crippen LogP contribution in [-0.4, -0.2) is 64.0 Å². The predicted octanol–water partition coefficient (Wildman–Crippen LogP) is 3.81. The molecule has 0 radical (unpaired) electrons. The first-order chi connectivity index (χ1) is 20.1. The van der Waals surface area contributed by atoms with E-state index in [1.807, 2.05) is 12.2 Å². The number of allylic oxidation sites excluding steroid dienone is 8. The molecule has 2 unspecified atom stereocenters. The molecular weight excluding hydrogens is 562 g/mol. The first kappa shape index (κ1) is 38.6. The van der Waals surface area contributed by atoms with E-state index in [0.29, 0.717) is 12.8 Å². The fraction of sp³-hybridized carbons (Fsp3) is 0.567. The van der Waals surface area contributed by atoms with E-state index in [2.05, 4.69) is 66.6 Å². The lowest BCUT2D eigenvalue weighted by Crippen LogP contribution is -2.53. The highest BCUT2D eigenvalue weighted by atomic mass is 32.1. The van der Waals surface area contributed by atoms with Crippen molar-refractivity contribution < 1.29 is 38.9 Å². The molecule has 0 aliphatic rings. The zero-order valence-corrected chi connectivity index (χ0v) is 25.4. The van der Waals surface area contributed by atoms with Crippen molar-refractivity contribution in [3.05, 3.63) is 48.6 Å². The van der Waals surface area contributed by atoms with Gasteiger partial charge in [-0.05, 0) is 44.9 Å².